The zero-order valence-corrected chi connectivity index (χ0v) is 10.0. The highest BCUT2D eigenvalue weighted by atomic mass is 15.5. The molecule has 0 atom stereocenters. The van der Waals surface area contributed by atoms with Gasteiger partial charge in [-0.15, -0.1) is 0 Å². The molecule has 4 N–H and O–H groups in total. The van der Waals surface area contributed by atoms with Crippen LogP contribution in [0.4, 0.5) is 0 Å². The molecular weight excluding hydrogens is 204 g/mol. The van der Waals surface area contributed by atoms with Crippen LogP contribution in [0, 0.1) is 0 Å². The molecule has 2 fully saturated rings. The highest BCUT2D eigenvalue weighted by Gasteiger charge is 2.26. The molecule has 94 valence electrons. The van der Waals surface area contributed by atoms with Crippen molar-refractivity contribution in [2.24, 2.45) is 11.5 Å². The van der Waals surface area contributed by atoms with Gasteiger partial charge in [-0.3, -0.25) is 19.6 Å². The van der Waals surface area contributed by atoms with Crippen molar-refractivity contribution >= 4 is 0 Å². The smallest absolute Gasteiger partial charge is 0.0531 e. The van der Waals surface area contributed by atoms with Crippen molar-refractivity contribution in [3.63, 3.8) is 0 Å². The van der Waals surface area contributed by atoms with E-state index in [-0.39, 0.29) is 0 Å². The minimum absolute atomic E-state index is 0.744. The quantitative estimate of drug-likeness (QED) is 0.578. The number of nitrogens with two attached hydrogens (primary N) is 2. The SMILES string of the molecule is NCCN1CN2CCN(C1)CN(CCN)C2. The number of hydrogen-bond acceptors (Lipinski definition) is 6. The molecule has 0 radical (unpaired) electrons. The maximum atomic E-state index is 5.63. The van der Waals surface area contributed by atoms with Crippen LogP contribution >= 0.6 is 0 Å². The van der Waals surface area contributed by atoms with Crippen molar-refractivity contribution in [1.82, 2.24) is 19.6 Å². The van der Waals surface area contributed by atoms with E-state index >= 15 is 0 Å². The molecule has 2 aliphatic heterocycles. The normalized spacial score (nSPS) is 32.6. The summed E-state index contributed by atoms with van der Waals surface area (Å²) in [5.74, 6) is 0. The Morgan fingerprint density at radius 2 is 1.06 bits per heavy atom. The van der Waals surface area contributed by atoms with Crippen LogP contribution < -0.4 is 11.5 Å². The van der Waals surface area contributed by atoms with Crippen molar-refractivity contribution < 1.29 is 0 Å². The molecule has 0 amide bonds. The molecule has 2 rings (SSSR count). The first kappa shape index (κ1) is 12.2. The summed E-state index contributed by atoms with van der Waals surface area (Å²) in [5.41, 5.74) is 11.3. The van der Waals surface area contributed by atoms with E-state index in [1.54, 1.807) is 0 Å². The van der Waals surface area contributed by atoms with E-state index in [4.69, 9.17) is 11.5 Å². The Bertz CT molecular complexity index is 177. The third-order valence-corrected chi connectivity index (χ3v) is 3.22. The minimum atomic E-state index is 0.744. The van der Waals surface area contributed by atoms with Gasteiger partial charge in [0.1, 0.15) is 0 Å². The summed E-state index contributed by atoms with van der Waals surface area (Å²) in [4.78, 5) is 9.82. The second-order valence-corrected chi connectivity index (χ2v) is 4.72. The van der Waals surface area contributed by atoms with Gasteiger partial charge in [0.25, 0.3) is 0 Å². The fourth-order valence-electron chi connectivity index (χ4n) is 2.52. The minimum Gasteiger partial charge on any atom is -0.329 e. The first-order valence-electron chi connectivity index (χ1n) is 6.11. The molecular formula is C10H24N6. The Labute approximate surface area is 97.7 Å². The standard InChI is InChI=1S/C10H24N6/c11-1-3-13-7-15-5-6-16(8-13)10-14(9-15)4-2-12/h1-12H2. The first-order valence-corrected chi connectivity index (χ1v) is 6.11. The van der Waals surface area contributed by atoms with Gasteiger partial charge in [-0.05, 0) is 0 Å². The number of fused-ring (bicyclic) bond motifs is 3. The van der Waals surface area contributed by atoms with Crippen LogP contribution in [0.5, 0.6) is 0 Å². The molecule has 0 aliphatic carbocycles. The van der Waals surface area contributed by atoms with Crippen LogP contribution in [0.2, 0.25) is 0 Å². The summed E-state index contributed by atoms with van der Waals surface area (Å²) >= 11 is 0. The summed E-state index contributed by atoms with van der Waals surface area (Å²) in [5, 5.41) is 0. The predicted molar refractivity (Wildman–Crippen MR) is 64.4 cm³/mol. The molecule has 0 spiro atoms. The van der Waals surface area contributed by atoms with Gasteiger partial charge in [0, 0.05) is 39.3 Å². The monoisotopic (exact) mass is 228 g/mol. The third-order valence-electron chi connectivity index (χ3n) is 3.22. The fourth-order valence-corrected chi connectivity index (χ4v) is 2.52. The van der Waals surface area contributed by atoms with Crippen molar-refractivity contribution in [1.29, 1.82) is 0 Å². The fraction of sp³-hybridized carbons (Fsp3) is 1.00. The molecule has 2 bridgehead atoms. The van der Waals surface area contributed by atoms with Crippen LogP contribution in [0.15, 0.2) is 0 Å². The van der Waals surface area contributed by atoms with E-state index in [2.05, 4.69) is 19.6 Å². The predicted octanol–water partition coefficient (Wildman–Crippen LogP) is -2.03. The average molecular weight is 228 g/mol. The van der Waals surface area contributed by atoms with Crippen molar-refractivity contribution in [2.75, 3.05) is 65.9 Å². The molecule has 0 aromatic rings. The molecule has 0 unspecified atom stereocenters. The van der Waals surface area contributed by atoms with E-state index in [1.165, 1.54) is 0 Å². The van der Waals surface area contributed by atoms with Crippen LogP contribution in [-0.2, 0) is 0 Å². The summed E-state index contributed by atoms with van der Waals surface area (Å²) in [6.45, 7) is 9.92. The summed E-state index contributed by atoms with van der Waals surface area (Å²) in [7, 11) is 0. The molecule has 6 nitrogen and oxygen atoms in total. The lowest BCUT2D eigenvalue weighted by molar-refractivity contribution is 0.0205. The third kappa shape index (κ3) is 3.13. The van der Waals surface area contributed by atoms with Gasteiger partial charge in [0.15, 0.2) is 0 Å². The lowest BCUT2D eigenvalue weighted by Gasteiger charge is -2.36. The van der Waals surface area contributed by atoms with Crippen LogP contribution in [0.25, 0.3) is 0 Å². The molecule has 0 aromatic heterocycles. The Morgan fingerprint density at radius 1 is 0.688 bits per heavy atom. The van der Waals surface area contributed by atoms with Gasteiger partial charge in [-0.2, -0.15) is 0 Å². The molecule has 0 saturated carbocycles. The molecule has 2 heterocycles. The average Bonchev–Trinajstić information content (AvgIpc) is 2.50. The second-order valence-electron chi connectivity index (χ2n) is 4.72. The van der Waals surface area contributed by atoms with Gasteiger partial charge >= 0.3 is 0 Å². The van der Waals surface area contributed by atoms with Crippen LogP contribution in [0.1, 0.15) is 0 Å². The molecule has 2 aliphatic rings. The lowest BCUT2D eigenvalue weighted by atomic mass is 10.5. The molecule has 2 saturated heterocycles. The van der Waals surface area contributed by atoms with Crippen molar-refractivity contribution in [2.45, 2.75) is 0 Å². The van der Waals surface area contributed by atoms with E-state index in [0.717, 1.165) is 65.9 Å². The Morgan fingerprint density at radius 3 is 1.38 bits per heavy atom. The zero-order valence-electron chi connectivity index (χ0n) is 10.0. The number of rotatable bonds is 4. The highest BCUT2D eigenvalue weighted by molar-refractivity contribution is 4.75. The molecule has 16 heavy (non-hydrogen) atoms. The van der Waals surface area contributed by atoms with Crippen molar-refractivity contribution in [3.8, 4) is 0 Å². The van der Waals surface area contributed by atoms with E-state index in [9.17, 15) is 0 Å². The number of hydrogen-bond donors (Lipinski definition) is 2. The summed E-state index contributed by atoms with van der Waals surface area (Å²) in [6.07, 6.45) is 0. The van der Waals surface area contributed by atoms with Gasteiger partial charge in [0.2, 0.25) is 0 Å². The number of nitrogens with zero attached hydrogens (tertiary/aromatic N) is 4. The van der Waals surface area contributed by atoms with Gasteiger partial charge < -0.3 is 11.5 Å². The van der Waals surface area contributed by atoms with E-state index in [0.29, 0.717) is 0 Å². The Kier molecular flexibility index (Phi) is 4.51. The lowest BCUT2D eigenvalue weighted by Crippen LogP contribution is -2.51. The van der Waals surface area contributed by atoms with Gasteiger partial charge in [0.05, 0.1) is 26.7 Å². The maximum absolute atomic E-state index is 5.63. The largest absolute Gasteiger partial charge is 0.329 e. The first-order chi connectivity index (χ1) is 7.81. The van der Waals surface area contributed by atoms with Crippen molar-refractivity contribution in [3.05, 3.63) is 0 Å². The highest BCUT2D eigenvalue weighted by Crippen LogP contribution is 2.10. The summed E-state index contributed by atoms with van der Waals surface area (Å²) in [6, 6.07) is 0. The van der Waals surface area contributed by atoms with E-state index in [1.807, 2.05) is 0 Å². The topological polar surface area (TPSA) is 65.0 Å². The van der Waals surface area contributed by atoms with Crippen LogP contribution in [-0.4, -0.2) is 85.5 Å². The summed E-state index contributed by atoms with van der Waals surface area (Å²) < 4.78 is 0. The van der Waals surface area contributed by atoms with E-state index < -0.39 is 0 Å². The van der Waals surface area contributed by atoms with Crippen LogP contribution in [0.3, 0.4) is 0 Å². The Hall–Kier alpha value is -0.240. The maximum Gasteiger partial charge on any atom is 0.0531 e. The van der Waals surface area contributed by atoms with Gasteiger partial charge in [-0.1, -0.05) is 0 Å². The second kappa shape index (κ2) is 5.90. The van der Waals surface area contributed by atoms with Gasteiger partial charge in [-0.25, -0.2) is 0 Å². The Balaban J connectivity index is 1.94. The molecule has 6 heteroatoms. The zero-order chi connectivity index (χ0) is 11.4. The molecule has 0 aromatic carbocycles.